The SMILES string of the molecule is CC[C@H](C)[C@H](NC(=O)CNC(=O)CC(C)(C)C)C(=O)O. The lowest BCUT2D eigenvalue weighted by Crippen LogP contribution is -2.48. The van der Waals surface area contributed by atoms with Gasteiger partial charge >= 0.3 is 5.97 Å². The quantitative estimate of drug-likeness (QED) is 0.654. The molecular formula is C14H26N2O4. The van der Waals surface area contributed by atoms with E-state index in [-0.39, 0.29) is 23.8 Å². The highest BCUT2D eigenvalue weighted by Crippen LogP contribution is 2.17. The number of aliphatic carboxylic acids is 1. The highest BCUT2D eigenvalue weighted by atomic mass is 16.4. The molecule has 6 heteroatoms. The van der Waals surface area contributed by atoms with Crippen LogP contribution in [-0.2, 0) is 14.4 Å². The predicted molar refractivity (Wildman–Crippen MR) is 76.1 cm³/mol. The molecule has 0 aromatic rings. The molecule has 0 aliphatic carbocycles. The Labute approximate surface area is 120 Å². The summed E-state index contributed by atoms with van der Waals surface area (Å²) in [5, 5.41) is 14.0. The van der Waals surface area contributed by atoms with Crippen molar-refractivity contribution >= 4 is 17.8 Å². The molecular weight excluding hydrogens is 260 g/mol. The van der Waals surface area contributed by atoms with Gasteiger partial charge in [0.05, 0.1) is 6.54 Å². The molecule has 0 aromatic carbocycles. The van der Waals surface area contributed by atoms with Crippen LogP contribution < -0.4 is 10.6 Å². The molecule has 0 rings (SSSR count). The second-order valence-electron chi connectivity index (χ2n) is 6.28. The van der Waals surface area contributed by atoms with Gasteiger partial charge in [0.25, 0.3) is 0 Å². The summed E-state index contributed by atoms with van der Waals surface area (Å²) in [7, 11) is 0. The maximum absolute atomic E-state index is 11.7. The molecule has 0 unspecified atom stereocenters. The molecule has 2 atom stereocenters. The van der Waals surface area contributed by atoms with E-state index in [1.54, 1.807) is 6.92 Å². The number of nitrogens with one attached hydrogen (secondary N) is 2. The van der Waals surface area contributed by atoms with Crippen LogP contribution in [0.2, 0.25) is 0 Å². The van der Waals surface area contributed by atoms with Crippen molar-refractivity contribution in [3.05, 3.63) is 0 Å². The van der Waals surface area contributed by atoms with Crippen molar-refractivity contribution in [2.75, 3.05) is 6.54 Å². The van der Waals surface area contributed by atoms with Crippen molar-refractivity contribution in [2.24, 2.45) is 11.3 Å². The van der Waals surface area contributed by atoms with Crippen LogP contribution in [0.4, 0.5) is 0 Å². The molecule has 6 nitrogen and oxygen atoms in total. The molecule has 20 heavy (non-hydrogen) atoms. The molecule has 0 aliphatic rings. The van der Waals surface area contributed by atoms with Crippen LogP contribution in [0.25, 0.3) is 0 Å². The minimum atomic E-state index is -1.06. The van der Waals surface area contributed by atoms with Crippen LogP contribution in [0, 0.1) is 11.3 Å². The molecule has 0 radical (unpaired) electrons. The Morgan fingerprint density at radius 1 is 1.15 bits per heavy atom. The Bertz CT molecular complexity index is 361. The average Bonchev–Trinajstić information content (AvgIpc) is 2.30. The first-order chi connectivity index (χ1) is 9.06. The Kier molecular flexibility index (Phi) is 7.24. The van der Waals surface area contributed by atoms with Gasteiger partial charge in [-0.05, 0) is 11.3 Å². The molecule has 3 N–H and O–H groups in total. The molecule has 0 fully saturated rings. The number of hydrogen-bond donors (Lipinski definition) is 3. The number of carbonyl (C=O) groups is 3. The van der Waals surface area contributed by atoms with Crippen LogP contribution >= 0.6 is 0 Å². The van der Waals surface area contributed by atoms with Crippen molar-refractivity contribution < 1.29 is 19.5 Å². The fraction of sp³-hybridized carbons (Fsp3) is 0.786. The molecule has 0 heterocycles. The molecule has 0 aromatic heterocycles. The number of amides is 2. The number of carboxylic acids is 1. The zero-order valence-corrected chi connectivity index (χ0v) is 12.9. The van der Waals surface area contributed by atoms with Gasteiger partial charge in [0.2, 0.25) is 11.8 Å². The Hall–Kier alpha value is -1.59. The van der Waals surface area contributed by atoms with E-state index in [1.165, 1.54) is 0 Å². The maximum Gasteiger partial charge on any atom is 0.326 e. The minimum Gasteiger partial charge on any atom is -0.480 e. The molecule has 116 valence electrons. The summed E-state index contributed by atoms with van der Waals surface area (Å²) in [6.45, 7) is 9.20. The minimum absolute atomic E-state index is 0.152. The molecule has 0 aliphatic heterocycles. The Balaban J connectivity index is 4.28. The van der Waals surface area contributed by atoms with Gasteiger partial charge in [0.15, 0.2) is 0 Å². The van der Waals surface area contributed by atoms with E-state index in [2.05, 4.69) is 10.6 Å². The van der Waals surface area contributed by atoms with Crippen LogP contribution in [0.1, 0.15) is 47.5 Å². The van der Waals surface area contributed by atoms with Crippen LogP contribution in [-0.4, -0.2) is 35.5 Å². The standard InChI is InChI=1S/C14H26N2O4/c1-6-9(2)12(13(19)20)16-11(18)8-15-10(17)7-14(3,4)5/h9,12H,6-8H2,1-5H3,(H,15,17)(H,16,18)(H,19,20)/t9-,12-/m0/s1. The summed E-state index contributed by atoms with van der Waals surface area (Å²) in [6.07, 6.45) is 0.960. The van der Waals surface area contributed by atoms with Crippen molar-refractivity contribution in [1.82, 2.24) is 10.6 Å². The largest absolute Gasteiger partial charge is 0.480 e. The highest BCUT2D eigenvalue weighted by molar-refractivity contribution is 5.88. The predicted octanol–water partition coefficient (Wildman–Crippen LogP) is 1.15. The van der Waals surface area contributed by atoms with Gasteiger partial charge in [0.1, 0.15) is 6.04 Å². The summed E-state index contributed by atoms with van der Waals surface area (Å²) < 4.78 is 0. The third-order valence-electron chi connectivity index (χ3n) is 2.93. The third kappa shape index (κ3) is 7.76. The van der Waals surface area contributed by atoms with E-state index in [4.69, 9.17) is 5.11 Å². The Morgan fingerprint density at radius 3 is 2.10 bits per heavy atom. The van der Waals surface area contributed by atoms with Gasteiger partial charge < -0.3 is 15.7 Å². The van der Waals surface area contributed by atoms with Crippen molar-refractivity contribution in [1.29, 1.82) is 0 Å². The van der Waals surface area contributed by atoms with Crippen molar-refractivity contribution in [2.45, 2.75) is 53.5 Å². The first-order valence-electron chi connectivity index (χ1n) is 6.85. The second-order valence-corrected chi connectivity index (χ2v) is 6.28. The van der Waals surface area contributed by atoms with E-state index < -0.39 is 17.9 Å². The Morgan fingerprint density at radius 2 is 1.70 bits per heavy atom. The second kappa shape index (κ2) is 7.87. The summed E-state index contributed by atoms with van der Waals surface area (Å²) in [4.78, 5) is 34.3. The fourth-order valence-corrected chi connectivity index (χ4v) is 1.63. The summed E-state index contributed by atoms with van der Waals surface area (Å²) in [6, 6.07) is -0.924. The summed E-state index contributed by atoms with van der Waals surface area (Å²) in [5.74, 6) is -1.93. The van der Waals surface area contributed by atoms with E-state index in [1.807, 2.05) is 27.7 Å². The van der Waals surface area contributed by atoms with E-state index in [0.29, 0.717) is 12.8 Å². The number of carboxylic acid groups (broad SMARTS) is 1. The van der Waals surface area contributed by atoms with Gasteiger partial charge in [-0.15, -0.1) is 0 Å². The third-order valence-corrected chi connectivity index (χ3v) is 2.93. The topological polar surface area (TPSA) is 95.5 Å². The number of carbonyl (C=O) groups excluding carboxylic acids is 2. The normalized spacial score (nSPS) is 14.2. The van der Waals surface area contributed by atoms with Crippen molar-refractivity contribution in [3.63, 3.8) is 0 Å². The van der Waals surface area contributed by atoms with E-state index in [9.17, 15) is 14.4 Å². The monoisotopic (exact) mass is 286 g/mol. The highest BCUT2D eigenvalue weighted by Gasteiger charge is 2.25. The molecule has 2 amide bonds. The van der Waals surface area contributed by atoms with Gasteiger partial charge in [-0.2, -0.15) is 0 Å². The number of rotatable bonds is 7. The smallest absolute Gasteiger partial charge is 0.326 e. The maximum atomic E-state index is 11.7. The van der Waals surface area contributed by atoms with Gasteiger partial charge in [0, 0.05) is 6.42 Å². The molecule has 0 saturated carbocycles. The van der Waals surface area contributed by atoms with Gasteiger partial charge in [-0.1, -0.05) is 41.0 Å². The molecule has 0 saturated heterocycles. The van der Waals surface area contributed by atoms with Crippen LogP contribution in [0.3, 0.4) is 0 Å². The first kappa shape index (κ1) is 18.4. The van der Waals surface area contributed by atoms with Crippen molar-refractivity contribution in [3.8, 4) is 0 Å². The molecule has 0 spiro atoms. The van der Waals surface area contributed by atoms with Crippen LogP contribution in [0.15, 0.2) is 0 Å². The lowest BCUT2D eigenvalue weighted by molar-refractivity contribution is -0.143. The zero-order valence-electron chi connectivity index (χ0n) is 12.9. The fourth-order valence-electron chi connectivity index (χ4n) is 1.63. The summed E-state index contributed by atoms with van der Waals surface area (Å²) in [5.41, 5.74) is -0.152. The summed E-state index contributed by atoms with van der Waals surface area (Å²) >= 11 is 0. The van der Waals surface area contributed by atoms with E-state index in [0.717, 1.165) is 0 Å². The van der Waals surface area contributed by atoms with E-state index >= 15 is 0 Å². The number of hydrogen-bond acceptors (Lipinski definition) is 3. The lowest BCUT2D eigenvalue weighted by atomic mass is 9.92. The lowest BCUT2D eigenvalue weighted by Gasteiger charge is -2.21. The first-order valence-corrected chi connectivity index (χ1v) is 6.85. The van der Waals surface area contributed by atoms with Crippen LogP contribution in [0.5, 0.6) is 0 Å². The zero-order chi connectivity index (χ0) is 15.9. The molecule has 0 bridgehead atoms. The van der Waals surface area contributed by atoms with Gasteiger partial charge in [-0.3, -0.25) is 9.59 Å². The average molecular weight is 286 g/mol. The van der Waals surface area contributed by atoms with Gasteiger partial charge in [-0.25, -0.2) is 4.79 Å².